The van der Waals surface area contributed by atoms with Gasteiger partial charge in [0.1, 0.15) is 5.60 Å². The van der Waals surface area contributed by atoms with Crippen molar-refractivity contribution >= 4 is 5.97 Å². The minimum absolute atomic E-state index is 0.167. The lowest BCUT2D eigenvalue weighted by atomic mass is 10.0. The van der Waals surface area contributed by atoms with Gasteiger partial charge in [0.2, 0.25) is 0 Å². The smallest absolute Gasteiger partial charge is 0.303 e. The van der Waals surface area contributed by atoms with Crippen molar-refractivity contribution in [1.82, 2.24) is 0 Å². The highest BCUT2D eigenvalue weighted by Gasteiger charge is 2.31. The molecule has 1 aliphatic rings. The topological polar surface area (TPSA) is 35.5 Å². The highest BCUT2D eigenvalue weighted by atomic mass is 16.5. The normalized spacial score (nSPS) is 18.4. The molecule has 0 atom stereocenters. The number of ether oxygens (including phenoxy) is 2. The third-order valence-corrected chi connectivity index (χ3v) is 2.47. The molecule has 1 saturated carbocycles. The number of hydrogen-bond acceptors (Lipinski definition) is 3. The van der Waals surface area contributed by atoms with Crippen LogP contribution >= 0.6 is 0 Å². The number of hydrogen-bond donors (Lipinski definition) is 0. The summed E-state index contributed by atoms with van der Waals surface area (Å²) in [5.41, 5.74) is -0.278. The number of esters is 1. The summed E-state index contributed by atoms with van der Waals surface area (Å²) in [6.07, 6.45) is 4.29. The molecule has 0 aromatic rings. The van der Waals surface area contributed by atoms with E-state index in [0.29, 0.717) is 0 Å². The predicted molar refractivity (Wildman–Crippen MR) is 52.6 cm³/mol. The van der Waals surface area contributed by atoms with E-state index in [-0.39, 0.29) is 18.2 Å². The van der Waals surface area contributed by atoms with Crippen molar-refractivity contribution in [2.24, 2.45) is 0 Å². The summed E-state index contributed by atoms with van der Waals surface area (Å²) in [7, 11) is 1.69. The van der Waals surface area contributed by atoms with E-state index in [1.54, 1.807) is 7.11 Å². The Balaban J connectivity index is 2.42. The largest absolute Gasteiger partial charge is 0.453 e. The van der Waals surface area contributed by atoms with Crippen LogP contribution in [0.1, 0.15) is 32.6 Å². The maximum absolute atomic E-state index is 10.5. The zero-order chi connectivity index (χ0) is 10.4. The molecular weight excluding hydrogens is 180 g/mol. The first-order valence-electron chi connectivity index (χ1n) is 4.87. The van der Waals surface area contributed by atoms with Crippen molar-refractivity contribution in [2.75, 3.05) is 13.7 Å². The van der Waals surface area contributed by atoms with Crippen LogP contribution in [0.25, 0.3) is 0 Å². The zero-order valence-corrected chi connectivity index (χ0v) is 8.76. The molecule has 0 bridgehead atoms. The van der Waals surface area contributed by atoms with Gasteiger partial charge in [0.05, 0.1) is 0 Å². The first-order chi connectivity index (χ1) is 6.68. The molecule has 14 heavy (non-hydrogen) atoms. The Bertz CT molecular complexity index is 253. The molecule has 0 radical (unpaired) electrons. The van der Waals surface area contributed by atoms with Crippen LogP contribution in [0.2, 0.25) is 0 Å². The standard InChI is InChI=1S/C11H16O3/c1-10(12)14-9-5-8-11(13-2)6-3-4-7-11/h3-4,6-7,9H2,1-2H3. The molecule has 3 nitrogen and oxygen atoms in total. The van der Waals surface area contributed by atoms with Gasteiger partial charge in [0.25, 0.3) is 0 Å². The van der Waals surface area contributed by atoms with Crippen molar-refractivity contribution in [3.8, 4) is 11.8 Å². The first kappa shape index (κ1) is 11.1. The van der Waals surface area contributed by atoms with Crippen molar-refractivity contribution in [3.63, 3.8) is 0 Å². The highest BCUT2D eigenvalue weighted by Crippen LogP contribution is 2.31. The van der Waals surface area contributed by atoms with Gasteiger partial charge < -0.3 is 9.47 Å². The van der Waals surface area contributed by atoms with E-state index in [9.17, 15) is 4.79 Å². The van der Waals surface area contributed by atoms with E-state index in [0.717, 1.165) is 25.7 Å². The van der Waals surface area contributed by atoms with E-state index in [1.807, 2.05) is 0 Å². The van der Waals surface area contributed by atoms with Crippen molar-refractivity contribution in [3.05, 3.63) is 0 Å². The van der Waals surface area contributed by atoms with Crippen LogP contribution in [0.3, 0.4) is 0 Å². The molecule has 0 amide bonds. The van der Waals surface area contributed by atoms with E-state index in [2.05, 4.69) is 11.8 Å². The maximum atomic E-state index is 10.5. The van der Waals surface area contributed by atoms with Gasteiger partial charge in [-0.3, -0.25) is 4.79 Å². The van der Waals surface area contributed by atoms with Gasteiger partial charge in [0, 0.05) is 14.0 Å². The zero-order valence-electron chi connectivity index (χ0n) is 8.76. The van der Waals surface area contributed by atoms with Crippen LogP contribution in [0.5, 0.6) is 0 Å². The average Bonchev–Trinajstić information content (AvgIpc) is 2.62. The fraction of sp³-hybridized carbons (Fsp3) is 0.727. The first-order valence-corrected chi connectivity index (χ1v) is 4.87. The van der Waals surface area contributed by atoms with Crippen LogP contribution in [0.15, 0.2) is 0 Å². The van der Waals surface area contributed by atoms with Gasteiger partial charge in [-0.15, -0.1) is 0 Å². The Kier molecular flexibility index (Phi) is 3.97. The maximum Gasteiger partial charge on any atom is 0.303 e. The molecule has 78 valence electrons. The van der Waals surface area contributed by atoms with Gasteiger partial charge in [-0.1, -0.05) is 11.8 Å². The summed E-state index contributed by atoms with van der Waals surface area (Å²) in [5.74, 6) is 5.59. The molecule has 0 aliphatic heterocycles. The fourth-order valence-electron chi connectivity index (χ4n) is 1.66. The molecular formula is C11H16O3. The molecule has 0 aromatic carbocycles. The monoisotopic (exact) mass is 196 g/mol. The molecule has 0 unspecified atom stereocenters. The summed E-state index contributed by atoms with van der Waals surface area (Å²) in [6.45, 7) is 1.55. The highest BCUT2D eigenvalue weighted by molar-refractivity contribution is 5.66. The van der Waals surface area contributed by atoms with Crippen LogP contribution < -0.4 is 0 Å². The summed E-state index contributed by atoms with van der Waals surface area (Å²) in [4.78, 5) is 10.5. The van der Waals surface area contributed by atoms with Gasteiger partial charge in [-0.05, 0) is 25.7 Å². The molecule has 3 heteroatoms. The molecule has 0 spiro atoms. The Hall–Kier alpha value is -1.01. The van der Waals surface area contributed by atoms with Crippen LogP contribution in [-0.4, -0.2) is 25.3 Å². The van der Waals surface area contributed by atoms with Gasteiger partial charge in [-0.25, -0.2) is 0 Å². The van der Waals surface area contributed by atoms with Gasteiger partial charge >= 0.3 is 5.97 Å². The average molecular weight is 196 g/mol. The molecule has 1 fully saturated rings. The molecule has 0 aromatic heterocycles. The molecule has 0 saturated heterocycles. The molecule has 1 aliphatic carbocycles. The minimum Gasteiger partial charge on any atom is -0.453 e. The quantitative estimate of drug-likeness (QED) is 0.496. The molecule has 0 heterocycles. The van der Waals surface area contributed by atoms with Crippen molar-refractivity contribution in [1.29, 1.82) is 0 Å². The number of carbonyl (C=O) groups excluding carboxylic acids is 1. The van der Waals surface area contributed by atoms with Crippen molar-refractivity contribution in [2.45, 2.75) is 38.2 Å². The van der Waals surface area contributed by atoms with Crippen LogP contribution in [-0.2, 0) is 14.3 Å². The van der Waals surface area contributed by atoms with E-state index in [4.69, 9.17) is 9.47 Å². The lowest BCUT2D eigenvalue weighted by Gasteiger charge is -2.19. The van der Waals surface area contributed by atoms with Gasteiger partial charge in [-0.2, -0.15) is 0 Å². The summed E-state index contributed by atoms with van der Waals surface area (Å²) in [5, 5.41) is 0. The number of carbonyl (C=O) groups is 1. The third-order valence-electron chi connectivity index (χ3n) is 2.47. The lowest BCUT2D eigenvalue weighted by Crippen LogP contribution is -2.24. The summed E-state index contributed by atoms with van der Waals surface area (Å²) < 4.78 is 10.1. The number of rotatable bonds is 2. The van der Waals surface area contributed by atoms with Crippen LogP contribution in [0.4, 0.5) is 0 Å². The summed E-state index contributed by atoms with van der Waals surface area (Å²) >= 11 is 0. The Labute approximate surface area is 84.8 Å². The Morgan fingerprint density at radius 1 is 1.43 bits per heavy atom. The Morgan fingerprint density at radius 3 is 2.57 bits per heavy atom. The lowest BCUT2D eigenvalue weighted by molar-refractivity contribution is -0.139. The fourth-order valence-corrected chi connectivity index (χ4v) is 1.66. The molecule has 0 N–H and O–H groups in total. The van der Waals surface area contributed by atoms with E-state index < -0.39 is 0 Å². The van der Waals surface area contributed by atoms with Crippen LogP contribution in [0, 0.1) is 11.8 Å². The van der Waals surface area contributed by atoms with E-state index >= 15 is 0 Å². The molecule has 1 rings (SSSR count). The third kappa shape index (κ3) is 3.04. The minimum atomic E-state index is -0.294. The van der Waals surface area contributed by atoms with Gasteiger partial charge in [0.15, 0.2) is 6.61 Å². The summed E-state index contributed by atoms with van der Waals surface area (Å²) in [6, 6.07) is 0. The predicted octanol–water partition coefficient (Wildman–Crippen LogP) is 1.51. The van der Waals surface area contributed by atoms with Crippen molar-refractivity contribution < 1.29 is 14.3 Å². The second-order valence-corrected chi connectivity index (χ2v) is 3.49. The Morgan fingerprint density at radius 2 is 2.07 bits per heavy atom. The van der Waals surface area contributed by atoms with E-state index in [1.165, 1.54) is 6.92 Å². The second-order valence-electron chi connectivity index (χ2n) is 3.49. The SMILES string of the molecule is COC1(C#CCOC(C)=O)CCCC1. The second kappa shape index (κ2) is 5.02. The number of methoxy groups -OCH3 is 1.